The largest absolute Gasteiger partial charge is 0.479 e. The Hall–Kier alpha value is -0.460. The molecule has 1 atom stereocenters. The first kappa shape index (κ1) is 15.0. The van der Waals surface area contributed by atoms with E-state index in [0.717, 1.165) is 7.11 Å². The lowest BCUT2D eigenvalue weighted by molar-refractivity contribution is -0.146. The van der Waals surface area contributed by atoms with E-state index in [4.69, 9.17) is 25.1 Å². The van der Waals surface area contributed by atoms with Crippen LogP contribution in [0.5, 0.6) is 0 Å². The van der Waals surface area contributed by atoms with Gasteiger partial charge in [-0.15, -0.1) is 0 Å². The number of carboxylic acids is 1. The molecule has 0 amide bonds. The molecule has 0 rings (SSSR count). The number of carboxylic acid groups (broad SMARTS) is 1. The molecule has 0 saturated heterocycles. The fourth-order valence-electron chi connectivity index (χ4n) is 0.414. The van der Waals surface area contributed by atoms with E-state index >= 15 is 0 Å². The second-order valence-corrected chi connectivity index (χ2v) is 3.81. The lowest BCUT2D eigenvalue weighted by Gasteiger charge is -2.05. The van der Waals surface area contributed by atoms with Gasteiger partial charge in [0.2, 0.25) is 0 Å². The number of aliphatic carboxylic acids is 1. The first-order chi connectivity index (χ1) is 5.83. The van der Waals surface area contributed by atoms with Gasteiger partial charge in [0.1, 0.15) is 0 Å². The van der Waals surface area contributed by atoms with Crippen molar-refractivity contribution in [3.63, 3.8) is 0 Å². The maximum atomic E-state index is 10.1. The van der Waals surface area contributed by atoms with Gasteiger partial charge in [-0.25, -0.2) is 4.79 Å². The van der Waals surface area contributed by atoms with Crippen molar-refractivity contribution in [2.75, 3.05) is 13.3 Å². The molecule has 0 bridgehead atoms. The minimum atomic E-state index is -4.18. The zero-order valence-electron chi connectivity index (χ0n) is 6.99. The number of carbonyl (C=O) groups is 1. The standard InChI is InChI=1S/C4H9O6P.CH4O/c5-3(4(6)7)1-2-11(8,9)10;1-2/h3,5H,1-2H2,(H,6,7)(H2,8,9,10);2H,1H3. The molecule has 0 fully saturated rings. The van der Waals surface area contributed by atoms with Crippen LogP contribution < -0.4 is 0 Å². The van der Waals surface area contributed by atoms with Crippen molar-refractivity contribution in [3.8, 4) is 0 Å². The van der Waals surface area contributed by atoms with E-state index in [2.05, 4.69) is 0 Å². The van der Waals surface area contributed by atoms with E-state index in [-0.39, 0.29) is 0 Å². The molecule has 0 aromatic rings. The topological polar surface area (TPSA) is 135 Å². The zero-order chi connectivity index (χ0) is 11.1. The molecule has 0 aliphatic rings. The van der Waals surface area contributed by atoms with Crippen LogP contribution in [0.3, 0.4) is 0 Å². The van der Waals surface area contributed by atoms with Gasteiger partial charge in [-0.05, 0) is 6.42 Å². The Morgan fingerprint density at radius 1 is 1.38 bits per heavy atom. The summed E-state index contributed by atoms with van der Waals surface area (Å²) in [6.45, 7) is 0. The molecule has 0 aliphatic heterocycles. The third-order valence-electron chi connectivity index (χ3n) is 0.979. The second-order valence-electron chi connectivity index (χ2n) is 2.03. The Bertz CT molecular complexity index is 185. The monoisotopic (exact) mass is 216 g/mol. The van der Waals surface area contributed by atoms with E-state index in [1.165, 1.54) is 0 Å². The number of aliphatic hydroxyl groups excluding tert-OH is 2. The second kappa shape index (κ2) is 6.99. The highest BCUT2D eigenvalue weighted by atomic mass is 31.2. The third-order valence-corrected chi connectivity index (χ3v) is 1.82. The predicted molar refractivity (Wildman–Crippen MR) is 43.3 cm³/mol. The molecule has 13 heavy (non-hydrogen) atoms. The summed E-state index contributed by atoms with van der Waals surface area (Å²) in [5.41, 5.74) is 0. The zero-order valence-corrected chi connectivity index (χ0v) is 7.89. The Labute approximate surface area is 74.8 Å². The van der Waals surface area contributed by atoms with Crippen molar-refractivity contribution in [3.05, 3.63) is 0 Å². The summed E-state index contributed by atoms with van der Waals surface area (Å²) >= 11 is 0. The summed E-state index contributed by atoms with van der Waals surface area (Å²) in [5, 5.41) is 23.6. The van der Waals surface area contributed by atoms with E-state index in [1.807, 2.05) is 0 Å². The summed E-state index contributed by atoms with van der Waals surface area (Å²) < 4.78 is 10.1. The fraction of sp³-hybridized carbons (Fsp3) is 0.800. The third kappa shape index (κ3) is 11.5. The lowest BCUT2D eigenvalue weighted by Crippen LogP contribution is -2.20. The number of aliphatic hydroxyl groups is 2. The van der Waals surface area contributed by atoms with E-state index in [9.17, 15) is 9.36 Å². The van der Waals surface area contributed by atoms with Gasteiger partial charge in [-0.1, -0.05) is 0 Å². The van der Waals surface area contributed by atoms with Gasteiger partial charge in [0, 0.05) is 7.11 Å². The summed E-state index contributed by atoms with van der Waals surface area (Å²) in [6.07, 6.45) is -2.73. The predicted octanol–water partition coefficient (Wildman–Crippen LogP) is -1.39. The fourth-order valence-corrected chi connectivity index (χ4v) is 0.995. The molecular weight excluding hydrogens is 203 g/mol. The maximum Gasteiger partial charge on any atom is 0.332 e. The van der Waals surface area contributed by atoms with E-state index < -0.39 is 32.3 Å². The average Bonchev–Trinajstić information content (AvgIpc) is 2.02. The molecule has 0 aromatic heterocycles. The van der Waals surface area contributed by atoms with Gasteiger partial charge in [0.05, 0.1) is 6.16 Å². The van der Waals surface area contributed by atoms with E-state index in [1.54, 1.807) is 0 Å². The van der Waals surface area contributed by atoms with E-state index in [0.29, 0.717) is 0 Å². The molecule has 7 nitrogen and oxygen atoms in total. The van der Waals surface area contributed by atoms with Gasteiger partial charge < -0.3 is 25.1 Å². The van der Waals surface area contributed by atoms with Crippen molar-refractivity contribution in [1.29, 1.82) is 0 Å². The molecule has 8 heteroatoms. The molecule has 5 N–H and O–H groups in total. The normalized spacial score (nSPS) is 12.7. The molecule has 0 aliphatic carbocycles. The first-order valence-corrected chi connectivity index (χ1v) is 5.03. The van der Waals surface area contributed by atoms with Crippen molar-refractivity contribution < 1.29 is 34.5 Å². The lowest BCUT2D eigenvalue weighted by atomic mass is 10.3. The van der Waals surface area contributed by atoms with Crippen molar-refractivity contribution in [2.24, 2.45) is 0 Å². The van der Waals surface area contributed by atoms with Crippen LogP contribution in [0.1, 0.15) is 6.42 Å². The average molecular weight is 216 g/mol. The highest BCUT2D eigenvalue weighted by Crippen LogP contribution is 2.35. The first-order valence-electron chi connectivity index (χ1n) is 3.23. The van der Waals surface area contributed by atoms with Gasteiger partial charge in [0.15, 0.2) is 6.10 Å². The highest BCUT2D eigenvalue weighted by molar-refractivity contribution is 7.51. The van der Waals surface area contributed by atoms with Gasteiger partial charge in [0.25, 0.3) is 0 Å². The number of hydrogen-bond acceptors (Lipinski definition) is 4. The molecule has 0 radical (unpaired) electrons. The Kier molecular flexibility index (Phi) is 8.09. The number of hydrogen-bond donors (Lipinski definition) is 5. The summed E-state index contributed by atoms with van der Waals surface area (Å²) in [4.78, 5) is 26.4. The maximum absolute atomic E-state index is 10.1. The smallest absolute Gasteiger partial charge is 0.332 e. The van der Waals surface area contributed by atoms with Crippen LogP contribution in [0, 0.1) is 0 Å². The Morgan fingerprint density at radius 3 is 2.00 bits per heavy atom. The van der Waals surface area contributed by atoms with Gasteiger partial charge in [-0.2, -0.15) is 0 Å². The summed E-state index contributed by atoms with van der Waals surface area (Å²) in [5.74, 6) is -1.47. The minimum absolute atomic E-state index is 0.431. The highest BCUT2D eigenvalue weighted by Gasteiger charge is 2.19. The Balaban J connectivity index is 0. The minimum Gasteiger partial charge on any atom is -0.479 e. The SMILES string of the molecule is CO.O=C(O)C(O)CCP(=O)(O)O. The molecule has 80 valence electrons. The van der Waals surface area contributed by atoms with Crippen LogP contribution in [-0.4, -0.2) is 50.5 Å². The van der Waals surface area contributed by atoms with Crippen molar-refractivity contribution >= 4 is 13.6 Å². The van der Waals surface area contributed by atoms with Crippen LogP contribution in [0.4, 0.5) is 0 Å². The van der Waals surface area contributed by atoms with Crippen LogP contribution >= 0.6 is 7.60 Å². The van der Waals surface area contributed by atoms with Crippen LogP contribution in [0.25, 0.3) is 0 Å². The molecule has 1 unspecified atom stereocenters. The quantitative estimate of drug-likeness (QED) is 0.365. The van der Waals surface area contributed by atoms with Gasteiger partial charge in [-0.3, -0.25) is 4.57 Å². The number of rotatable bonds is 4. The van der Waals surface area contributed by atoms with Crippen LogP contribution in [0.2, 0.25) is 0 Å². The molecule has 0 spiro atoms. The summed E-state index contributed by atoms with van der Waals surface area (Å²) in [7, 11) is -3.18. The van der Waals surface area contributed by atoms with Crippen molar-refractivity contribution in [1.82, 2.24) is 0 Å². The van der Waals surface area contributed by atoms with Crippen LogP contribution in [0.15, 0.2) is 0 Å². The molecule has 0 aromatic carbocycles. The Morgan fingerprint density at radius 2 is 1.77 bits per heavy atom. The molecule has 0 saturated carbocycles. The van der Waals surface area contributed by atoms with Gasteiger partial charge >= 0.3 is 13.6 Å². The van der Waals surface area contributed by atoms with Crippen LogP contribution in [-0.2, 0) is 9.36 Å². The summed E-state index contributed by atoms with van der Waals surface area (Å²) in [6, 6.07) is 0. The molecule has 0 heterocycles. The van der Waals surface area contributed by atoms with Crippen molar-refractivity contribution in [2.45, 2.75) is 12.5 Å². The molecular formula is C5H13O7P.